The Kier molecular flexibility index (Phi) is 7.30. The Hall–Kier alpha value is -4.34. The van der Waals surface area contributed by atoms with Gasteiger partial charge in [0.1, 0.15) is 23.1 Å². The molecule has 6 nitrogen and oxygen atoms in total. The van der Waals surface area contributed by atoms with E-state index in [2.05, 4.69) is 5.32 Å². The molecule has 1 amide bonds. The number of nitrogens with zero attached hydrogens (tertiary/aromatic N) is 3. The van der Waals surface area contributed by atoms with Gasteiger partial charge in [-0.15, -0.1) is 0 Å². The predicted molar refractivity (Wildman–Crippen MR) is 139 cm³/mol. The Morgan fingerprint density at radius 1 is 1.14 bits per heavy atom. The number of rotatable bonds is 7. The van der Waals surface area contributed by atoms with Crippen molar-refractivity contribution in [1.82, 2.24) is 9.78 Å². The lowest BCUT2D eigenvalue weighted by molar-refractivity contribution is -0.112. The van der Waals surface area contributed by atoms with E-state index in [1.165, 1.54) is 6.08 Å². The van der Waals surface area contributed by atoms with Gasteiger partial charge in [0.25, 0.3) is 5.91 Å². The maximum atomic E-state index is 12.9. The summed E-state index contributed by atoms with van der Waals surface area (Å²) in [5, 5.41) is 17.7. The van der Waals surface area contributed by atoms with Gasteiger partial charge < -0.3 is 10.1 Å². The van der Waals surface area contributed by atoms with Crippen LogP contribution in [0.4, 0.5) is 5.69 Å². The Morgan fingerprint density at radius 2 is 1.89 bits per heavy atom. The Labute approximate surface area is 209 Å². The van der Waals surface area contributed by atoms with E-state index in [9.17, 15) is 10.1 Å². The second-order valence-corrected chi connectivity index (χ2v) is 8.19. The summed E-state index contributed by atoms with van der Waals surface area (Å²) >= 11 is 6.43. The van der Waals surface area contributed by atoms with Crippen molar-refractivity contribution >= 4 is 29.3 Å². The van der Waals surface area contributed by atoms with Crippen LogP contribution in [0.25, 0.3) is 23.0 Å². The van der Waals surface area contributed by atoms with Crippen molar-refractivity contribution in [2.75, 3.05) is 11.9 Å². The number of amides is 1. The molecule has 0 unspecified atom stereocenters. The topological polar surface area (TPSA) is 79.9 Å². The lowest BCUT2D eigenvalue weighted by Crippen LogP contribution is -2.13. The maximum Gasteiger partial charge on any atom is 0.266 e. The van der Waals surface area contributed by atoms with Crippen LogP contribution >= 0.6 is 11.6 Å². The fourth-order valence-corrected chi connectivity index (χ4v) is 3.73. The Balaban J connectivity index is 1.76. The molecule has 0 aliphatic rings. The van der Waals surface area contributed by atoms with E-state index in [1.54, 1.807) is 35.1 Å². The lowest BCUT2D eigenvalue weighted by Gasteiger charge is -2.07. The first-order valence-electron chi connectivity index (χ1n) is 11.1. The molecule has 1 heterocycles. The van der Waals surface area contributed by atoms with Crippen LogP contribution in [-0.2, 0) is 4.79 Å². The number of hydrogen-bond donors (Lipinski definition) is 1. The molecule has 174 valence electrons. The van der Waals surface area contributed by atoms with Crippen molar-refractivity contribution < 1.29 is 9.53 Å². The first-order chi connectivity index (χ1) is 17.0. The molecule has 0 bridgehead atoms. The van der Waals surface area contributed by atoms with Gasteiger partial charge in [0.2, 0.25) is 0 Å². The van der Waals surface area contributed by atoms with Crippen molar-refractivity contribution in [2.24, 2.45) is 0 Å². The highest BCUT2D eigenvalue weighted by Crippen LogP contribution is 2.32. The molecule has 1 N–H and O–H groups in total. The van der Waals surface area contributed by atoms with Crippen molar-refractivity contribution in [3.05, 3.63) is 101 Å². The highest BCUT2D eigenvalue weighted by Gasteiger charge is 2.16. The number of anilines is 1. The first kappa shape index (κ1) is 23.8. The van der Waals surface area contributed by atoms with Crippen LogP contribution in [0.5, 0.6) is 5.75 Å². The molecule has 0 aliphatic carbocycles. The summed E-state index contributed by atoms with van der Waals surface area (Å²) in [5.41, 5.74) is 4.39. The lowest BCUT2D eigenvalue weighted by atomic mass is 10.1. The van der Waals surface area contributed by atoms with Gasteiger partial charge in [0.15, 0.2) is 0 Å². The minimum absolute atomic E-state index is 0.0449. The number of halogens is 1. The fraction of sp³-hybridized carbons (Fsp3) is 0.107. The van der Waals surface area contributed by atoms with Crippen LogP contribution in [-0.4, -0.2) is 22.3 Å². The molecule has 4 aromatic rings. The normalized spacial score (nSPS) is 11.1. The van der Waals surface area contributed by atoms with Crippen LogP contribution < -0.4 is 10.1 Å². The number of hydrogen-bond acceptors (Lipinski definition) is 4. The van der Waals surface area contributed by atoms with Gasteiger partial charge in [-0.2, -0.15) is 10.4 Å². The van der Waals surface area contributed by atoms with E-state index < -0.39 is 5.91 Å². The number of aromatic nitrogens is 2. The average Bonchev–Trinajstić information content (AvgIpc) is 3.29. The minimum Gasteiger partial charge on any atom is -0.492 e. The molecule has 0 fully saturated rings. The molecular weight excluding hydrogens is 460 g/mol. The molecule has 0 spiro atoms. The third-order valence-corrected chi connectivity index (χ3v) is 5.54. The van der Waals surface area contributed by atoms with Gasteiger partial charge >= 0.3 is 0 Å². The van der Waals surface area contributed by atoms with Crippen LogP contribution in [0.3, 0.4) is 0 Å². The number of aryl methyl sites for hydroxylation is 1. The summed E-state index contributed by atoms with van der Waals surface area (Å²) in [6.45, 7) is 4.35. The van der Waals surface area contributed by atoms with Crippen LogP contribution in [0.15, 0.2) is 84.6 Å². The maximum absolute atomic E-state index is 12.9. The predicted octanol–water partition coefficient (Wildman–Crippen LogP) is 6.45. The van der Waals surface area contributed by atoms with E-state index in [-0.39, 0.29) is 5.57 Å². The zero-order valence-corrected chi connectivity index (χ0v) is 20.1. The number of ether oxygens (including phenoxy) is 1. The molecule has 0 radical (unpaired) electrons. The highest BCUT2D eigenvalue weighted by molar-refractivity contribution is 6.32. The zero-order valence-electron chi connectivity index (χ0n) is 19.3. The van der Waals surface area contributed by atoms with Gasteiger partial charge in [-0.3, -0.25) is 4.79 Å². The van der Waals surface area contributed by atoms with Gasteiger partial charge in [0.05, 0.1) is 17.3 Å². The zero-order chi connectivity index (χ0) is 24.8. The third kappa shape index (κ3) is 5.60. The molecule has 7 heteroatoms. The van der Waals surface area contributed by atoms with E-state index in [0.29, 0.717) is 34.3 Å². The summed E-state index contributed by atoms with van der Waals surface area (Å²) in [7, 11) is 0. The highest BCUT2D eigenvalue weighted by atomic mass is 35.5. The molecule has 0 saturated carbocycles. The number of carbonyl (C=O) groups is 1. The summed E-state index contributed by atoms with van der Waals surface area (Å²) in [6.07, 6.45) is 3.32. The number of para-hydroxylation sites is 1. The van der Waals surface area contributed by atoms with Crippen LogP contribution in [0.2, 0.25) is 5.02 Å². The SMILES string of the molecule is CCOc1ccc(-c2nn(-c3ccccc3)cc2C=C(C#N)C(=O)Nc2ccc(C)cc2)cc1Cl. The van der Waals surface area contributed by atoms with Gasteiger partial charge in [-0.1, -0.05) is 47.5 Å². The summed E-state index contributed by atoms with van der Waals surface area (Å²) in [4.78, 5) is 12.9. The first-order valence-corrected chi connectivity index (χ1v) is 11.4. The minimum atomic E-state index is -0.500. The average molecular weight is 483 g/mol. The quantitative estimate of drug-likeness (QED) is 0.242. The summed E-state index contributed by atoms with van der Waals surface area (Å²) in [6, 6.07) is 24.4. The smallest absolute Gasteiger partial charge is 0.266 e. The van der Waals surface area contributed by atoms with Crippen LogP contribution in [0, 0.1) is 18.3 Å². The monoisotopic (exact) mass is 482 g/mol. The second-order valence-electron chi connectivity index (χ2n) is 7.78. The molecule has 0 atom stereocenters. The number of nitrogens with one attached hydrogen (secondary N) is 1. The number of carbonyl (C=O) groups excluding carboxylic acids is 1. The fourth-order valence-electron chi connectivity index (χ4n) is 3.49. The standard InChI is InChI=1S/C28H23ClN4O2/c1-3-35-26-14-11-20(16-25(26)29)27-22(18-33(32-27)24-7-5-4-6-8-24)15-21(17-30)28(34)31-23-12-9-19(2)10-13-23/h4-16,18H,3H2,1-2H3,(H,31,34). The Morgan fingerprint density at radius 3 is 2.54 bits per heavy atom. The number of nitriles is 1. The van der Waals surface area contributed by atoms with Gasteiger partial charge in [0, 0.05) is 23.0 Å². The molecule has 35 heavy (non-hydrogen) atoms. The van der Waals surface area contributed by atoms with Gasteiger partial charge in [-0.05, 0) is 62.4 Å². The van der Waals surface area contributed by atoms with Gasteiger partial charge in [-0.25, -0.2) is 4.68 Å². The molecular formula is C28H23ClN4O2. The van der Waals surface area contributed by atoms with Crippen molar-refractivity contribution in [1.29, 1.82) is 5.26 Å². The second kappa shape index (κ2) is 10.7. The largest absolute Gasteiger partial charge is 0.492 e. The van der Waals surface area contributed by atoms with E-state index >= 15 is 0 Å². The molecule has 3 aromatic carbocycles. The van der Waals surface area contributed by atoms with E-state index in [0.717, 1.165) is 16.8 Å². The Bertz CT molecular complexity index is 1420. The molecule has 0 aliphatic heterocycles. The summed E-state index contributed by atoms with van der Waals surface area (Å²) in [5.74, 6) is 0.0761. The van der Waals surface area contributed by atoms with Crippen molar-refractivity contribution in [3.8, 4) is 28.8 Å². The third-order valence-electron chi connectivity index (χ3n) is 5.24. The molecule has 0 saturated heterocycles. The summed E-state index contributed by atoms with van der Waals surface area (Å²) < 4.78 is 7.25. The van der Waals surface area contributed by atoms with Crippen LogP contribution in [0.1, 0.15) is 18.1 Å². The van der Waals surface area contributed by atoms with Crippen molar-refractivity contribution in [2.45, 2.75) is 13.8 Å². The number of benzene rings is 3. The van der Waals surface area contributed by atoms with E-state index in [1.807, 2.05) is 68.4 Å². The molecule has 4 rings (SSSR count). The van der Waals surface area contributed by atoms with Crippen molar-refractivity contribution in [3.63, 3.8) is 0 Å². The molecule has 1 aromatic heterocycles. The van der Waals surface area contributed by atoms with E-state index in [4.69, 9.17) is 21.4 Å².